The summed E-state index contributed by atoms with van der Waals surface area (Å²) < 4.78 is 31.1. The van der Waals surface area contributed by atoms with Crippen molar-refractivity contribution in [3.05, 3.63) is 41.2 Å². The molecule has 0 atom stereocenters. The summed E-state index contributed by atoms with van der Waals surface area (Å²) in [5, 5.41) is 3.87. The maximum atomic E-state index is 12.4. The number of benzene rings is 1. The summed E-state index contributed by atoms with van der Waals surface area (Å²) in [5.41, 5.74) is 0.258. The van der Waals surface area contributed by atoms with Gasteiger partial charge >= 0.3 is 0 Å². The van der Waals surface area contributed by atoms with Gasteiger partial charge in [0.15, 0.2) is 0 Å². The number of rotatable bonds is 3. The third-order valence-electron chi connectivity index (χ3n) is 2.23. The fraction of sp³-hybridized carbons (Fsp3) is 0.182. The molecule has 17 heavy (non-hydrogen) atoms. The Morgan fingerprint density at radius 1 is 1.29 bits per heavy atom. The number of methoxy groups -OCH3 is 1. The van der Waals surface area contributed by atoms with Gasteiger partial charge in [0.25, 0.3) is 6.43 Å². The lowest BCUT2D eigenvalue weighted by Gasteiger charge is -2.04. The van der Waals surface area contributed by atoms with Crippen molar-refractivity contribution in [3.63, 3.8) is 0 Å². The number of hydrogen-bond acceptors (Lipinski definition) is 2. The van der Waals surface area contributed by atoms with E-state index in [9.17, 15) is 8.78 Å². The van der Waals surface area contributed by atoms with Crippen LogP contribution in [0.3, 0.4) is 0 Å². The van der Waals surface area contributed by atoms with Crippen LogP contribution in [0.2, 0.25) is 5.15 Å². The van der Waals surface area contributed by atoms with Crippen LogP contribution < -0.4 is 4.74 Å². The normalized spacial score (nSPS) is 10.9. The van der Waals surface area contributed by atoms with Gasteiger partial charge in [-0.05, 0) is 24.3 Å². The number of ether oxygens (including phenoxy) is 1. The van der Waals surface area contributed by atoms with E-state index in [1.165, 1.54) is 4.68 Å². The van der Waals surface area contributed by atoms with Gasteiger partial charge in [-0.15, -0.1) is 0 Å². The topological polar surface area (TPSA) is 27.1 Å². The van der Waals surface area contributed by atoms with E-state index in [-0.39, 0.29) is 10.8 Å². The number of aromatic nitrogens is 2. The highest BCUT2D eigenvalue weighted by Gasteiger charge is 2.15. The van der Waals surface area contributed by atoms with Crippen LogP contribution in [0.4, 0.5) is 8.78 Å². The van der Waals surface area contributed by atoms with Gasteiger partial charge < -0.3 is 4.74 Å². The average Bonchev–Trinajstić information content (AvgIpc) is 2.72. The highest BCUT2D eigenvalue weighted by atomic mass is 35.5. The van der Waals surface area contributed by atoms with Crippen molar-refractivity contribution in [3.8, 4) is 11.4 Å². The van der Waals surface area contributed by atoms with Gasteiger partial charge in [0.2, 0.25) is 0 Å². The molecule has 90 valence electrons. The molecule has 0 N–H and O–H groups in total. The Labute approximate surface area is 102 Å². The largest absolute Gasteiger partial charge is 0.497 e. The van der Waals surface area contributed by atoms with Gasteiger partial charge in [-0.1, -0.05) is 11.6 Å². The van der Waals surface area contributed by atoms with Crippen LogP contribution in [0.1, 0.15) is 12.1 Å². The lowest BCUT2D eigenvalue weighted by atomic mass is 10.3. The van der Waals surface area contributed by atoms with Gasteiger partial charge in [0.05, 0.1) is 12.8 Å². The summed E-state index contributed by atoms with van der Waals surface area (Å²) >= 11 is 5.83. The fourth-order valence-electron chi connectivity index (χ4n) is 1.39. The zero-order valence-corrected chi connectivity index (χ0v) is 9.66. The zero-order valence-electron chi connectivity index (χ0n) is 8.90. The first-order valence-corrected chi connectivity index (χ1v) is 5.17. The number of hydrogen-bond donors (Lipinski definition) is 0. The van der Waals surface area contributed by atoms with Crippen molar-refractivity contribution in [2.75, 3.05) is 7.11 Å². The number of alkyl halides is 2. The Bertz CT molecular complexity index is 511. The molecule has 0 aliphatic rings. The van der Waals surface area contributed by atoms with E-state index in [0.717, 1.165) is 6.07 Å². The molecule has 1 aromatic carbocycles. The Kier molecular flexibility index (Phi) is 3.28. The molecule has 0 unspecified atom stereocenters. The van der Waals surface area contributed by atoms with E-state index < -0.39 is 6.43 Å². The fourth-order valence-corrected chi connectivity index (χ4v) is 1.63. The molecule has 3 nitrogen and oxygen atoms in total. The van der Waals surface area contributed by atoms with Crippen molar-refractivity contribution >= 4 is 11.6 Å². The Balaban J connectivity index is 2.38. The molecule has 6 heteroatoms. The summed E-state index contributed by atoms with van der Waals surface area (Å²) in [5.74, 6) is 0.672. The molecular weight excluding hydrogens is 250 g/mol. The summed E-state index contributed by atoms with van der Waals surface area (Å²) in [4.78, 5) is 0. The van der Waals surface area contributed by atoms with Crippen molar-refractivity contribution < 1.29 is 13.5 Å². The molecule has 2 aromatic rings. The summed E-state index contributed by atoms with van der Waals surface area (Å²) in [7, 11) is 1.55. The molecule has 0 aliphatic heterocycles. The Morgan fingerprint density at radius 2 is 1.94 bits per heavy atom. The molecule has 0 amide bonds. The van der Waals surface area contributed by atoms with Crippen LogP contribution in [0.25, 0.3) is 5.69 Å². The molecule has 0 spiro atoms. The minimum absolute atomic E-state index is 0.144. The third kappa shape index (κ3) is 2.39. The van der Waals surface area contributed by atoms with E-state index in [4.69, 9.17) is 16.3 Å². The SMILES string of the molecule is COc1ccc(-n2nc(C(F)F)cc2Cl)cc1. The molecule has 2 rings (SSSR count). The van der Waals surface area contributed by atoms with Crippen LogP contribution >= 0.6 is 11.6 Å². The highest BCUT2D eigenvalue weighted by Crippen LogP contribution is 2.24. The van der Waals surface area contributed by atoms with Crippen LogP contribution in [-0.4, -0.2) is 16.9 Å². The molecule has 0 fully saturated rings. The van der Waals surface area contributed by atoms with E-state index in [1.807, 2.05) is 0 Å². The number of halogens is 3. The quantitative estimate of drug-likeness (QED) is 0.843. The van der Waals surface area contributed by atoms with Crippen LogP contribution in [0.5, 0.6) is 5.75 Å². The predicted molar refractivity (Wildman–Crippen MR) is 60.1 cm³/mol. The maximum Gasteiger partial charge on any atom is 0.282 e. The lowest BCUT2D eigenvalue weighted by Crippen LogP contribution is -1.97. The summed E-state index contributed by atoms with van der Waals surface area (Å²) in [6.45, 7) is 0. The third-order valence-corrected chi connectivity index (χ3v) is 2.49. The molecule has 0 aliphatic carbocycles. The highest BCUT2D eigenvalue weighted by molar-refractivity contribution is 6.29. The van der Waals surface area contributed by atoms with Gasteiger partial charge in [-0.25, -0.2) is 13.5 Å². The maximum absolute atomic E-state index is 12.4. The predicted octanol–water partition coefficient (Wildman–Crippen LogP) is 3.47. The van der Waals surface area contributed by atoms with Crippen molar-refractivity contribution in [1.82, 2.24) is 9.78 Å². The van der Waals surface area contributed by atoms with Crippen molar-refractivity contribution in [2.45, 2.75) is 6.43 Å². The van der Waals surface area contributed by atoms with E-state index in [2.05, 4.69) is 5.10 Å². The van der Waals surface area contributed by atoms with Crippen molar-refractivity contribution in [2.24, 2.45) is 0 Å². The molecule has 1 aromatic heterocycles. The molecule has 0 radical (unpaired) electrons. The van der Waals surface area contributed by atoms with E-state index in [1.54, 1.807) is 31.4 Å². The molecule has 1 heterocycles. The van der Waals surface area contributed by atoms with Gasteiger partial charge in [0, 0.05) is 6.07 Å². The van der Waals surface area contributed by atoms with E-state index in [0.29, 0.717) is 11.4 Å². The Morgan fingerprint density at radius 3 is 2.41 bits per heavy atom. The van der Waals surface area contributed by atoms with Gasteiger partial charge in [0.1, 0.15) is 16.6 Å². The number of nitrogens with zero attached hydrogens (tertiary/aromatic N) is 2. The molecule has 0 saturated heterocycles. The summed E-state index contributed by atoms with van der Waals surface area (Å²) in [6.07, 6.45) is -2.63. The second kappa shape index (κ2) is 4.71. The first-order chi connectivity index (χ1) is 8.11. The smallest absolute Gasteiger partial charge is 0.282 e. The van der Waals surface area contributed by atoms with Crippen LogP contribution in [-0.2, 0) is 0 Å². The monoisotopic (exact) mass is 258 g/mol. The van der Waals surface area contributed by atoms with E-state index >= 15 is 0 Å². The second-order valence-corrected chi connectivity index (χ2v) is 3.69. The Hall–Kier alpha value is -1.62. The molecule has 0 bridgehead atoms. The molecule has 0 saturated carbocycles. The second-order valence-electron chi connectivity index (χ2n) is 3.30. The first kappa shape index (κ1) is 11.9. The minimum atomic E-state index is -2.63. The zero-order chi connectivity index (χ0) is 12.4. The molecular formula is C11H9ClF2N2O. The summed E-state index contributed by atoms with van der Waals surface area (Å²) in [6, 6.07) is 7.93. The van der Waals surface area contributed by atoms with Crippen molar-refractivity contribution in [1.29, 1.82) is 0 Å². The van der Waals surface area contributed by atoms with Crippen LogP contribution in [0, 0.1) is 0 Å². The average molecular weight is 259 g/mol. The van der Waals surface area contributed by atoms with Crippen LogP contribution in [0.15, 0.2) is 30.3 Å². The van der Waals surface area contributed by atoms with Gasteiger partial charge in [-0.3, -0.25) is 0 Å². The standard InChI is InChI=1S/C11H9ClF2N2O/c1-17-8-4-2-7(3-5-8)16-10(12)6-9(15-16)11(13)14/h2-6,11H,1H3. The van der Waals surface area contributed by atoms with Gasteiger partial charge in [-0.2, -0.15) is 5.10 Å². The minimum Gasteiger partial charge on any atom is -0.497 e. The lowest BCUT2D eigenvalue weighted by molar-refractivity contribution is 0.145. The first-order valence-electron chi connectivity index (χ1n) is 4.80.